The lowest BCUT2D eigenvalue weighted by atomic mass is 10.1. The Kier molecular flexibility index (Phi) is 4.05. The van der Waals surface area contributed by atoms with Gasteiger partial charge in [0.25, 0.3) is 0 Å². The molecule has 0 amide bonds. The molecule has 2 aromatic rings. The lowest BCUT2D eigenvalue weighted by Crippen LogP contribution is -2.05. The predicted molar refractivity (Wildman–Crippen MR) is 80.5 cm³/mol. The Bertz CT molecular complexity index is 754. The maximum absolute atomic E-state index is 13.5. The van der Waals surface area contributed by atoms with Gasteiger partial charge < -0.3 is 4.74 Å². The van der Waals surface area contributed by atoms with Crippen LogP contribution in [-0.4, -0.2) is 16.9 Å². The van der Waals surface area contributed by atoms with Crippen molar-refractivity contribution >= 4 is 17.9 Å². The maximum atomic E-state index is 13.5. The van der Waals surface area contributed by atoms with Gasteiger partial charge in [-0.2, -0.15) is 0 Å². The number of benzene rings is 1. The van der Waals surface area contributed by atoms with Crippen molar-refractivity contribution in [2.24, 2.45) is 4.99 Å². The average molecular weight is 296 g/mol. The lowest BCUT2D eigenvalue weighted by molar-refractivity contribution is -0.130. The van der Waals surface area contributed by atoms with Crippen molar-refractivity contribution in [2.75, 3.05) is 0 Å². The van der Waals surface area contributed by atoms with Gasteiger partial charge in [0.2, 0.25) is 0 Å². The molecule has 1 aliphatic rings. The third-order valence-corrected chi connectivity index (χ3v) is 3.20. The molecule has 0 N–H and O–H groups in total. The molecule has 0 saturated heterocycles. The molecule has 1 aromatic carbocycles. The normalized spacial score (nSPS) is 15.8. The zero-order chi connectivity index (χ0) is 15.4. The van der Waals surface area contributed by atoms with Gasteiger partial charge in [-0.15, -0.1) is 0 Å². The monoisotopic (exact) mass is 296 g/mol. The van der Waals surface area contributed by atoms with Crippen LogP contribution in [0.5, 0.6) is 0 Å². The molecule has 110 valence electrons. The second-order valence-corrected chi connectivity index (χ2v) is 4.77. The number of pyridine rings is 1. The van der Waals surface area contributed by atoms with Crippen molar-refractivity contribution in [3.63, 3.8) is 0 Å². The molecule has 2 heterocycles. The minimum absolute atomic E-state index is 0.210. The number of ether oxygens (including phenoxy) is 1. The molecule has 0 fully saturated rings. The number of hydrogen-bond donors (Lipinski definition) is 0. The Balaban J connectivity index is 1.71. The molecule has 5 heteroatoms. The first-order valence-electron chi connectivity index (χ1n) is 6.88. The van der Waals surface area contributed by atoms with E-state index in [1.54, 1.807) is 42.6 Å². The van der Waals surface area contributed by atoms with Crippen molar-refractivity contribution in [3.05, 3.63) is 71.4 Å². The Morgan fingerprint density at radius 3 is 2.68 bits per heavy atom. The van der Waals surface area contributed by atoms with Gasteiger partial charge >= 0.3 is 5.97 Å². The number of cyclic esters (lactones) is 1. The minimum atomic E-state index is -0.505. The molecular formula is C17H13FN2O2. The van der Waals surface area contributed by atoms with Crippen molar-refractivity contribution in [2.45, 2.75) is 12.8 Å². The van der Waals surface area contributed by atoms with Gasteiger partial charge in [0, 0.05) is 12.6 Å². The summed E-state index contributed by atoms with van der Waals surface area (Å²) in [6, 6.07) is 11.9. The van der Waals surface area contributed by atoms with Crippen LogP contribution in [0, 0.1) is 5.82 Å². The number of nitrogens with zero attached hydrogens (tertiary/aromatic N) is 2. The summed E-state index contributed by atoms with van der Waals surface area (Å²) in [6.07, 6.45) is 4.00. The van der Waals surface area contributed by atoms with Crippen LogP contribution >= 0.6 is 0 Å². The largest absolute Gasteiger partial charge is 0.407 e. The highest BCUT2D eigenvalue weighted by molar-refractivity contribution is 6.07. The van der Waals surface area contributed by atoms with Gasteiger partial charge in [0.05, 0.1) is 5.69 Å². The minimum Gasteiger partial charge on any atom is -0.407 e. The van der Waals surface area contributed by atoms with Gasteiger partial charge in [-0.3, -0.25) is 4.98 Å². The molecule has 3 rings (SSSR count). The van der Waals surface area contributed by atoms with Crippen molar-refractivity contribution in [3.8, 4) is 0 Å². The van der Waals surface area contributed by atoms with Gasteiger partial charge in [-0.1, -0.05) is 24.3 Å². The molecule has 0 spiro atoms. The summed E-state index contributed by atoms with van der Waals surface area (Å²) in [7, 11) is 0. The quantitative estimate of drug-likeness (QED) is 0.643. The van der Waals surface area contributed by atoms with E-state index in [-0.39, 0.29) is 11.5 Å². The zero-order valence-electron chi connectivity index (χ0n) is 11.7. The molecule has 0 radical (unpaired) electrons. The van der Waals surface area contributed by atoms with Crippen molar-refractivity contribution in [1.29, 1.82) is 0 Å². The first-order valence-corrected chi connectivity index (χ1v) is 6.88. The van der Waals surface area contributed by atoms with Gasteiger partial charge in [-0.05, 0) is 36.3 Å². The summed E-state index contributed by atoms with van der Waals surface area (Å²) in [5, 5.41) is 0. The molecule has 22 heavy (non-hydrogen) atoms. The Labute approximate surface area is 127 Å². The van der Waals surface area contributed by atoms with Crippen LogP contribution in [0.15, 0.2) is 59.4 Å². The van der Waals surface area contributed by atoms with Crippen LogP contribution in [0.25, 0.3) is 6.08 Å². The smallest absolute Gasteiger partial charge is 0.363 e. The average Bonchev–Trinajstić information content (AvgIpc) is 2.88. The SMILES string of the molecule is O=C1OC(CCc2ccccc2F)=N/C1=C/c1ccccn1. The highest BCUT2D eigenvalue weighted by Crippen LogP contribution is 2.17. The first kappa shape index (κ1) is 14.1. The molecule has 1 aromatic heterocycles. The van der Waals surface area contributed by atoms with Crippen LogP contribution in [0.1, 0.15) is 17.7 Å². The van der Waals surface area contributed by atoms with Gasteiger partial charge in [-0.25, -0.2) is 14.2 Å². The number of carbonyl (C=O) groups is 1. The van der Waals surface area contributed by atoms with Crippen LogP contribution in [0.4, 0.5) is 4.39 Å². The van der Waals surface area contributed by atoms with E-state index >= 15 is 0 Å². The molecule has 0 bridgehead atoms. The van der Waals surface area contributed by atoms with Crippen molar-refractivity contribution in [1.82, 2.24) is 4.98 Å². The Morgan fingerprint density at radius 1 is 1.09 bits per heavy atom. The van der Waals surface area contributed by atoms with Gasteiger partial charge in [0.15, 0.2) is 11.6 Å². The van der Waals surface area contributed by atoms with Crippen LogP contribution < -0.4 is 0 Å². The number of rotatable bonds is 4. The predicted octanol–water partition coefficient (Wildman–Crippen LogP) is 3.15. The number of hydrogen-bond acceptors (Lipinski definition) is 4. The number of halogens is 1. The van der Waals surface area contributed by atoms with Crippen LogP contribution in [0.3, 0.4) is 0 Å². The van der Waals surface area contributed by atoms with Crippen LogP contribution in [0.2, 0.25) is 0 Å². The first-order chi connectivity index (χ1) is 10.7. The summed E-state index contributed by atoms with van der Waals surface area (Å²) < 4.78 is 18.6. The maximum Gasteiger partial charge on any atom is 0.363 e. The Hall–Kier alpha value is -2.82. The molecular weight excluding hydrogens is 283 g/mol. The third-order valence-electron chi connectivity index (χ3n) is 3.20. The van der Waals surface area contributed by atoms with E-state index in [9.17, 15) is 9.18 Å². The molecule has 0 saturated carbocycles. The zero-order valence-corrected chi connectivity index (χ0v) is 11.7. The number of aromatic nitrogens is 1. The van der Waals surface area contributed by atoms with E-state index in [4.69, 9.17) is 4.74 Å². The summed E-state index contributed by atoms with van der Waals surface area (Å²) >= 11 is 0. The molecule has 0 aliphatic carbocycles. The number of aryl methyl sites for hydroxylation is 1. The topological polar surface area (TPSA) is 51.5 Å². The highest BCUT2D eigenvalue weighted by atomic mass is 19.1. The summed E-state index contributed by atoms with van der Waals surface area (Å²) in [4.78, 5) is 20.0. The second-order valence-electron chi connectivity index (χ2n) is 4.77. The second kappa shape index (κ2) is 6.30. The summed E-state index contributed by atoms with van der Waals surface area (Å²) in [5.41, 5.74) is 1.42. The fraction of sp³-hybridized carbons (Fsp3) is 0.118. The summed E-state index contributed by atoms with van der Waals surface area (Å²) in [5.74, 6) is -0.471. The molecule has 4 nitrogen and oxygen atoms in total. The number of carbonyl (C=O) groups excluding carboxylic acids is 1. The molecule has 0 atom stereocenters. The fourth-order valence-corrected chi connectivity index (χ4v) is 2.10. The molecule has 1 aliphatic heterocycles. The highest BCUT2D eigenvalue weighted by Gasteiger charge is 2.22. The molecule has 0 unspecified atom stereocenters. The number of esters is 1. The summed E-state index contributed by atoms with van der Waals surface area (Å²) in [6.45, 7) is 0. The van der Waals surface area contributed by atoms with E-state index in [0.717, 1.165) is 0 Å². The van der Waals surface area contributed by atoms with Crippen LogP contribution in [-0.2, 0) is 16.0 Å². The lowest BCUT2D eigenvalue weighted by Gasteiger charge is -2.01. The third kappa shape index (κ3) is 3.25. The van der Waals surface area contributed by atoms with E-state index < -0.39 is 5.97 Å². The fourth-order valence-electron chi connectivity index (χ4n) is 2.10. The van der Waals surface area contributed by atoms with E-state index in [0.29, 0.717) is 30.0 Å². The van der Waals surface area contributed by atoms with E-state index in [1.165, 1.54) is 6.07 Å². The standard InChI is InChI=1S/C17H13FN2O2/c18-14-7-2-1-5-12(14)8-9-16-20-15(17(21)22-16)11-13-6-3-4-10-19-13/h1-7,10-11H,8-9H2/b15-11+. The van der Waals surface area contributed by atoms with E-state index in [2.05, 4.69) is 9.98 Å². The number of aliphatic imine (C=N–C) groups is 1. The Morgan fingerprint density at radius 2 is 1.91 bits per heavy atom. The van der Waals surface area contributed by atoms with Gasteiger partial charge in [0.1, 0.15) is 5.82 Å². The van der Waals surface area contributed by atoms with Crippen molar-refractivity contribution < 1.29 is 13.9 Å². The van der Waals surface area contributed by atoms with E-state index in [1.807, 2.05) is 6.07 Å².